The summed E-state index contributed by atoms with van der Waals surface area (Å²) in [4.78, 5) is 11.4. The van der Waals surface area contributed by atoms with Crippen LogP contribution in [0.2, 0.25) is 0 Å². The fraction of sp³-hybridized carbons (Fsp3) is 0.846. The molecule has 0 spiro atoms. The third kappa shape index (κ3) is 7.04. The van der Waals surface area contributed by atoms with Gasteiger partial charge < -0.3 is 22.8 Å². The number of hydrogen-bond donors (Lipinski definition) is 0. The van der Waals surface area contributed by atoms with E-state index in [0.717, 1.165) is 0 Å². The Morgan fingerprint density at radius 2 is 1.22 bits per heavy atom. The fourth-order valence-electron chi connectivity index (χ4n) is 1.95. The average molecular weight is 373 g/mol. The van der Waals surface area contributed by atoms with Crippen LogP contribution in [-0.4, -0.2) is 37.8 Å². The molecule has 0 amide bonds. The van der Waals surface area contributed by atoms with Crippen LogP contribution in [0.1, 0.15) is 40.5 Å². The number of esters is 1. The van der Waals surface area contributed by atoms with Crippen molar-refractivity contribution in [1.29, 1.82) is 0 Å². The van der Waals surface area contributed by atoms with Crippen molar-refractivity contribution in [2.75, 3.05) is 26.4 Å². The van der Waals surface area contributed by atoms with E-state index in [4.69, 9.17) is 18.1 Å². The first-order valence-electron chi connectivity index (χ1n) is 7.55. The zero-order chi connectivity index (χ0) is 17.9. The molecule has 0 aromatic carbocycles. The van der Waals surface area contributed by atoms with Gasteiger partial charge in [0, 0.05) is 6.42 Å². The Kier molecular flexibility index (Phi) is 11.2. The summed E-state index contributed by atoms with van der Waals surface area (Å²) >= 11 is 0. The van der Waals surface area contributed by atoms with Gasteiger partial charge in [-0.1, -0.05) is 0 Å². The van der Waals surface area contributed by atoms with Gasteiger partial charge in [0.1, 0.15) is 7.11 Å². The van der Waals surface area contributed by atoms with E-state index in [9.17, 15) is 13.9 Å². The Morgan fingerprint density at radius 1 is 0.870 bits per heavy atom. The standard InChI is InChI=1S/C13H27O8P2/c1-6-18-22(15,19-7-2)13(11-10-12(14)17-5)23(16,20-8-3)21-9-4/h13H,5-11H2,1-4H3. The molecule has 0 bridgehead atoms. The minimum atomic E-state index is -3.82. The number of ether oxygens (including phenoxy) is 1. The maximum atomic E-state index is 13.1. The van der Waals surface area contributed by atoms with Crippen LogP contribution in [0.5, 0.6) is 0 Å². The van der Waals surface area contributed by atoms with Crippen LogP contribution < -0.4 is 0 Å². The lowest BCUT2D eigenvalue weighted by Gasteiger charge is -2.31. The highest BCUT2D eigenvalue weighted by Gasteiger charge is 2.50. The van der Waals surface area contributed by atoms with E-state index in [1.807, 2.05) is 0 Å². The van der Waals surface area contributed by atoms with Gasteiger partial charge in [-0.15, -0.1) is 0 Å². The van der Waals surface area contributed by atoms with Crippen molar-refractivity contribution in [3.8, 4) is 0 Å². The van der Waals surface area contributed by atoms with Crippen LogP contribution in [0.3, 0.4) is 0 Å². The monoisotopic (exact) mass is 373 g/mol. The first-order valence-corrected chi connectivity index (χ1v) is 10.8. The molecule has 0 fully saturated rings. The molecular weight excluding hydrogens is 346 g/mol. The quantitative estimate of drug-likeness (QED) is 0.353. The molecule has 0 aromatic heterocycles. The first kappa shape index (κ1) is 22.8. The van der Waals surface area contributed by atoms with Crippen LogP contribution in [0.4, 0.5) is 0 Å². The highest BCUT2D eigenvalue weighted by molar-refractivity contribution is 7.72. The molecule has 0 saturated heterocycles. The highest BCUT2D eigenvalue weighted by atomic mass is 31.2. The summed E-state index contributed by atoms with van der Waals surface area (Å²) in [5, 5.41) is -1.21. The second-order valence-corrected chi connectivity index (χ2v) is 9.13. The molecule has 0 aliphatic heterocycles. The van der Waals surface area contributed by atoms with Crippen molar-refractivity contribution in [2.24, 2.45) is 0 Å². The van der Waals surface area contributed by atoms with Crippen LogP contribution in [0, 0.1) is 7.11 Å². The first-order chi connectivity index (χ1) is 10.8. The van der Waals surface area contributed by atoms with Crippen molar-refractivity contribution >= 4 is 21.2 Å². The molecule has 0 aliphatic carbocycles. The van der Waals surface area contributed by atoms with Gasteiger partial charge in [-0.3, -0.25) is 13.9 Å². The summed E-state index contributed by atoms with van der Waals surface area (Å²) in [6.07, 6.45) is -0.259. The van der Waals surface area contributed by atoms with E-state index >= 15 is 0 Å². The Balaban J connectivity index is 5.69. The molecule has 137 valence electrons. The normalized spacial score (nSPS) is 12.6. The molecule has 0 unspecified atom stereocenters. The molecular formula is C13H27O8P2. The van der Waals surface area contributed by atoms with Crippen molar-refractivity contribution in [2.45, 2.75) is 45.9 Å². The van der Waals surface area contributed by atoms with Crippen LogP contribution in [0.25, 0.3) is 0 Å². The van der Waals surface area contributed by atoms with Crippen LogP contribution in [-0.2, 0) is 36.8 Å². The van der Waals surface area contributed by atoms with Gasteiger partial charge in [0.25, 0.3) is 0 Å². The second kappa shape index (κ2) is 11.3. The summed E-state index contributed by atoms with van der Waals surface area (Å²) in [7, 11) is -4.62. The predicted molar refractivity (Wildman–Crippen MR) is 86.2 cm³/mol. The Hall–Kier alpha value is -0.230. The second-order valence-electron chi connectivity index (χ2n) is 4.29. The molecule has 1 radical (unpaired) electrons. The van der Waals surface area contributed by atoms with E-state index in [-0.39, 0.29) is 39.3 Å². The van der Waals surface area contributed by atoms with E-state index in [0.29, 0.717) is 0 Å². The number of carbonyl (C=O) groups excluding carboxylic acids is 1. The number of rotatable bonds is 13. The Bertz CT molecular complexity index is 390. The lowest BCUT2D eigenvalue weighted by Crippen LogP contribution is -2.19. The summed E-state index contributed by atoms with van der Waals surface area (Å²) in [6, 6.07) is 0. The third-order valence-corrected chi connectivity index (χ3v) is 8.88. The number of carbonyl (C=O) groups is 1. The van der Waals surface area contributed by atoms with Crippen molar-refractivity contribution < 1.29 is 36.8 Å². The topological polar surface area (TPSA) is 97.4 Å². The molecule has 0 N–H and O–H groups in total. The molecule has 10 heteroatoms. The minimum Gasteiger partial charge on any atom is -0.462 e. The summed E-state index contributed by atoms with van der Waals surface area (Å²) < 4.78 is 51.5. The van der Waals surface area contributed by atoms with E-state index < -0.39 is 26.6 Å². The molecule has 0 heterocycles. The van der Waals surface area contributed by atoms with Crippen molar-refractivity contribution in [3.63, 3.8) is 0 Å². The van der Waals surface area contributed by atoms with Gasteiger partial charge in [0.15, 0.2) is 5.40 Å². The molecule has 0 rings (SSSR count). The molecule has 0 atom stereocenters. The molecule has 0 saturated carbocycles. The van der Waals surface area contributed by atoms with E-state index in [1.165, 1.54) is 0 Å². The lowest BCUT2D eigenvalue weighted by molar-refractivity contribution is -0.138. The van der Waals surface area contributed by atoms with Gasteiger partial charge in [-0.2, -0.15) is 0 Å². The van der Waals surface area contributed by atoms with Gasteiger partial charge in [0.05, 0.1) is 26.4 Å². The highest BCUT2D eigenvalue weighted by Crippen LogP contribution is 2.71. The predicted octanol–water partition coefficient (Wildman–Crippen LogP) is 3.96. The summed E-state index contributed by atoms with van der Waals surface area (Å²) in [5.74, 6) is -0.630. The largest absolute Gasteiger partial charge is 0.462 e. The molecule has 0 aliphatic rings. The zero-order valence-corrected chi connectivity index (χ0v) is 16.0. The van der Waals surface area contributed by atoms with Crippen LogP contribution in [0.15, 0.2) is 0 Å². The lowest BCUT2D eigenvalue weighted by atomic mass is 10.3. The maximum absolute atomic E-state index is 13.1. The van der Waals surface area contributed by atoms with E-state index in [1.54, 1.807) is 27.7 Å². The summed E-state index contributed by atoms with van der Waals surface area (Å²) in [6.45, 7) is 6.91. The zero-order valence-electron chi connectivity index (χ0n) is 14.2. The fourth-order valence-corrected chi connectivity index (χ4v) is 7.30. The Labute approximate surface area is 138 Å². The third-order valence-electron chi connectivity index (χ3n) is 2.73. The Morgan fingerprint density at radius 3 is 1.48 bits per heavy atom. The molecule has 0 aromatic rings. The SMILES string of the molecule is [CH2]OC(=O)CCC(P(=O)(OCC)OCC)P(=O)(OCC)OCC. The molecule has 8 nitrogen and oxygen atoms in total. The number of hydrogen-bond acceptors (Lipinski definition) is 8. The van der Waals surface area contributed by atoms with Crippen molar-refractivity contribution in [1.82, 2.24) is 0 Å². The van der Waals surface area contributed by atoms with Crippen LogP contribution >= 0.6 is 15.2 Å². The van der Waals surface area contributed by atoms with E-state index in [2.05, 4.69) is 11.8 Å². The van der Waals surface area contributed by atoms with Gasteiger partial charge in [-0.25, -0.2) is 0 Å². The molecule has 23 heavy (non-hydrogen) atoms. The summed E-state index contributed by atoms with van der Waals surface area (Å²) in [5.41, 5.74) is 0. The minimum absolute atomic E-state index is 0.0891. The van der Waals surface area contributed by atoms with Crippen molar-refractivity contribution in [3.05, 3.63) is 7.11 Å². The van der Waals surface area contributed by atoms with Gasteiger partial charge >= 0.3 is 21.2 Å². The van der Waals surface area contributed by atoms with Gasteiger partial charge in [-0.05, 0) is 34.1 Å². The smallest absolute Gasteiger partial charge is 0.345 e. The maximum Gasteiger partial charge on any atom is 0.345 e. The average Bonchev–Trinajstić information content (AvgIpc) is 2.47. The van der Waals surface area contributed by atoms with Gasteiger partial charge in [0.2, 0.25) is 0 Å².